The molecule has 94 valence electrons. The molecule has 0 spiro atoms. The van der Waals surface area contributed by atoms with Gasteiger partial charge in [0.15, 0.2) is 0 Å². The van der Waals surface area contributed by atoms with Gasteiger partial charge in [0.05, 0.1) is 6.54 Å². The van der Waals surface area contributed by atoms with Crippen LogP contribution in [0.1, 0.15) is 11.1 Å². The van der Waals surface area contributed by atoms with Gasteiger partial charge in [0.1, 0.15) is 10.8 Å². The van der Waals surface area contributed by atoms with Gasteiger partial charge in [0, 0.05) is 17.7 Å². The minimum absolute atomic E-state index is 0.0409. The molecule has 0 heterocycles. The van der Waals surface area contributed by atoms with Crippen LogP contribution in [0.5, 0.6) is 0 Å². The van der Waals surface area contributed by atoms with E-state index in [-0.39, 0.29) is 17.1 Å². The Morgan fingerprint density at radius 1 is 1.47 bits per heavy atom. The molecule has 0 fully saturated rings. The number of hydrogen-bond donors (Lipinski definition) is 1. The van der Waals surface area contributed by atoms with E-state index in [2.05, 4.69) is 0 Å². The van der Waals surface area contributed by atoms with Gasteiger partial charge < -0.3 is 5.73 Å². The fourth-order valence-electron chi connectivity index (χ4n) is 1.48. The molecule has 0 aliphatic carbocycles. The Balaban J connectivity index is 2.85. The van der Waals surface area contributed by atoms with Gasteiger partial charge in [0.2, 0.25) is 0 Å². The number of nitrogens with two attached hydrogens (primary N) is 1. The molecular weight excluding hydrogens is 249 g/mol. The van der Waals surface area contributed by atoms with Gasteiger partial charge in [0.25, 0.3) is 6.43 Å². The third-order valence-corrected chi connectivity index (χ3v) is 2.45. The molecule has 2 nitrogen and oxygen atoms in total. The molecule has 17 heavy (non-hydrogen) atoms. The topological polar surface area (TPSA) is 29.3 Å². The summed E-state index contributed by atoms with van der Waals surface area (Å²) in [6, 6.07) is 4.59. The minimum atomic E-state index is -2.44. The number of thiocarbonyl (C=S) groups is 1. The van der Waals surface area contributed by atoms with Crippen LogP contribution >= 0.6 is 12.2 Å². The zero-order chi connectivity index (χ0) is 13.0. The van der Waals surface area contributed by atoms with Gasteiger partial charge >= 0.3 is 0 Å². The lowest BCUT2D eigenvalue weighted by Crippen LogP contribution is -2.25. The van der Waals surface area contributed by atoms with Crippen LogP contribution in [-0.4, -0.2) is 29.9 Å². The van der Waals surface area contributed by atoms with Crippen molar-refractivity contribution in [3.05, 3.63) is 35.1 Å². The van der Waals surface area contributed by atoms with Crippen molar-refractivity contribution in [1.82, 2.24) is 4.90 Å². The summed E-state index contributed by atoms with van der Waals surface area (Å²) in [7, 11) is 1.50. The predicted molar refractivity (Wildman–Crippen MR) is 64.6 cm³/mol. The van der Waals surface area contributed by atoms with Crippen molar-refractivity contribution in [2.24, 2.45) is 5.73 Å². The first-order valence-electron chi connectivity index (χ1n) is 4.95. The van der Waals surface area contributed by atoms with Gasteiger partial charge in [-0.15, -0.1) is 0 Å². The van der Waals surface area contributed by atoms with Crippen LogP contribution in [0, 0.1) is 5.82 Å². The molecule has 0 aliphatic rings. The van der Waals surface area contributed by atoms with Gasteiger partial charge in [-0.25, -0.2) is 13.2 Å². The molecule has 2 N–H and O–H groups in total. The molecule has 0 aromatic heterocycles. The molecule has 0 radical (unpaired) electrons. The first-order chi connectivity index (χ1) is 7.91. The molecule has 6 heteroatoms. The highest BCUT2D eigenvalue weighted by molar-refractivity contribution is 7.80. The maximum atomic E-state index is 13.8. The Hall–Kier alpha value is -1.14. The first-order valence-corrected chi connectivity index (χ1v) is 5.36. The Morgan fingerprint density at radius 2 is 2.12 bits per heavy atom. The van der Waals surface area contributed by atoms with E-state index in [0.29, 0.717) is 5.56 Å². The quantitative estimate of drug-likeness (QED) is 0.825. The summed E-state index contributed by atoms with van der Waals surface area (Å²) >= 11 is 4.70. The smallest absolute Gasteiger partial charge is 0.251 e. The van der Waals surface area contributed by atoms with E-state index in [9.17, 15) is 13.2 Å². The van der Waals surface area contributed by atoms with Crippen LogP contribution in [-0.2, 0) is 6.54 Å². The number of benzene rings is 1. The number of hydrogen-bond acceptors (Lipinski definition) is 2. The normalized spacial score (nSPS) is 11.2. The largest absolute Gasteiger partial charge is 0.389 e. The number of rotatable bonds is 5. The van der Waals surface area contributed by atoms with Crippen LogP contribution < -0.4 is 5.73 Å². The second-order valence-corrected chi connectivity index (χ2v) is 4.17. The highest BCUT2D eigenvalue weighted by Gasteiger charge is 2.13. The van der Waals surface area contributed by atoms with E-state index >= 15 is 0 Å². The second kappa shape index (κ2) is 5.97. The molecule has 1 aromatic rings. The van der Waals surface area contributed by atoms with E-state index in [0.717, 1.165) is 0 Å². The summed E-state index contributed by atoms with van der Waals surface area (Å²) in [6.07, 6.45) is -2.44. The van der Waals surface area contributed by atoms with Crippen molar-refractivity contribution in [3.63, 3.8) is 0 Å². The molecule has 0 amide bonds. The van der Waals surface area contributed by atoms with Crippen molar-refractivity contribution in [3.8, 4) is 0 Å². The minimum Gasteiger partial charge on any atom is -0.389 e. The van der Waals surface area contributed by atoms with Crippen molar-refractivity contribution in [2.45, 2.75) is 13.0 Å². The summed E-state index contributed by atoms with van der Waals surface area (Å²) in [5.74, 6) is -0.541. The molecular formula is C11H13F3N2S. The number of nitrogens with zero attached hydrogens (tertiary/aromatic N) is 1. The van der Waals surface area contributed by atoms with Crippen molar-refractivity contribution in [2.75, 3.05) is 13.6 Å². The summed E-state index contributed by atoms with van der Waals surface area (Å²) < 4.78 is 38.1. The Morgan fingerprint density at radius 3 is 2.65 bits per heavy atom. The molecule has 0 atom stereocenters. The molecule has 0 unspecified atom stereocenters. The van der Waals surface area contributed by atoms with Gasteiger partial charge in [-0.3, -0.25) is 4.90 Å². The van der Waals surface area contributed by atoms with E-state index < -0.39 is 18.8 Å². The highest BCUT2D eigenvalue weighted by Crippen LogP contribution is 2.15. The molecule has 0 bridgehead atoms. The Bertz CT molecular complexity index is 410. The zero-order valence-corrected chi connectivity index (χ0v) is 10.1. The fourth-order valence-corrected chi connectivity index (χ4v) is 1.64. The molecule has 1 aromatic carbocycles. The molecule has 0 saturated heterocycles. The monoisotopic (exact) mass is 262 g/mol. The van der Waals surface area contributed by atoms with Crippen molar-refractivity contribution < 1.29 is 13.2 Å². The second-order valence-electron chi connectivity index (χ2n) is 3.73. The van der Waals surface area contributed by atoms with Gasteiger partial charge in [-0.2, -0.15) is 0 Å². The van der Waals surface area contributed by atoms with E-state index in [1.807, 2.05) is 0 Å². The maximum Gasteiger partial charge on any atom is 0.251 e. The average Bonchev–Trinajstić information content (AvgIpc) is 2.19. The summed E-state index contributed by atoms with van der Waals surface area (Å²) in [6.45, 7) is -0.316. The van der Waals surface area contributed by atoms with Gasteiger partial charge in [-0.1, -0.05) is 24.4 Å². The lowest BCUT2D eigenvalue weighted by atomic mass is 10.1. The summed E-state index contributed by atoms with van der Waals surface area (Å²) in [5.41, 5.74) is 5.80. The fraction of sp³-hybridized carbons (Fsp3) is 0.364. The molecule has 1 rings (SSSR count). The third-order valence-electron chi connectivity index (χ3n) is 2.23. The summed E-state index contributed by atoms with van der Waals surface area (Å²) in [4.78, 5) is 1.30. The van der Waals surface area contributed by atoms with Crippen LogP contribution in [0.4, 0.5) is 13.2 Å². The lowest BCUT2D eigenvalue weighted by molar-refractivity contribution is 0.0970. The average molecular weight is 262 g/mol. The van der Waals surface area contributed by atoms with Crippen LogP contribution in [0.25, 0.3) is 0 Å². The number of halogens is 3. The standard InChI is InChI=1S/C11H13F3N2S/c1-16(6-9(12)13)5-7-3-2-4-8(10(7)14)11(15)17/h2-4,9H,5-6H2,1H3,(H2,15,17). The predicted octanol–water partition coefficient (Wildman–Crippen LogP) is 2.16. The third kappa shape index (κ3) is 3.98. The molecule has 0 saturated carbocycles. The van der Waals surface area contributed by atoms with Crippen LogP contribution in [0.15, 0.2) is 18.2 Å². The van der Waals surface area contributed by atoms with Gasteiger partial charge in [-0.05, 0) is 13.1 Å². The SMILES string of the molecule is CN(Cc1cccc(C(N)=S)c1F)CC(F)F. The summed E-state index contributed by atoms with van der Waals surface area (Å²) in [5, 5.41) is 0. The van der Waals surface area contributed by atoms with E-state index in [4.69, 9.17) is 18.0 Å². The number of alkyl halides is 2. The van der Waals surface area contributed by atoms with Crippen LogP contribution in [0.3, 0.4) is 0 Å². The van der Waals surface area contributed by atoms with E-state index in [1.54, 1.807) is 6.07 Å². The van der Waals surface area contributed by atoms with Crippen molar-refractivity contribution in [1.29, 1.82) is 0 Å². The lowest BCUT2D eigenvalue weighted by Gasteiger charge is -2.17. The maximum absolute atomic E-state index is 13.8. The Labute approximate surface area is 103 Å². The zero-order valence-electron chi connectivity index (χ0n) is 9.29. The Kier molecular flexibility index (Phi) is 4.89. The van der Waals surface area contributed by atoms with E-state index in [1.165, 1.54) is 24.1 Å². The van der Waals surface area contributed by atoms with Crippen LogP contribution in [0.2, 0.25) is 0 Å². The van der Waals surface area contributed by atoms with Crippen molar-refractivity contribution >= 4 is 17.2 Å². The first kappa shape index (κ1) is 13.9. The molecule has 0 aliphatic heterocycles. The highest BCUT2D eigenvalue weighted by atomic mass is 32.1.